The Balaban J connectivity index is 1.79. The first-order chi connectivity index (χ1) is 11.4. The molecule has 1 aliphatic heterocycles. The van der Waals surface area contributed by atoms with Crippen molar-refractivity contribution in [3.05, 3.63) is 38.9 Å². The van der Waals surface area contributed by atoms with E-state index in [9.17, 15) is 14.9 Å². The minimum Gasteiger partial charge on any atom is -0.341 e. The quantitative estimate of drug-likeness (QED) is 0.668. The van der Waals surface area contributed by atoms with Crippen LogP contribution < -0.4 is 5.32 Å². The molecule has 2 fully saturated rings. The van der Waals surface area contributed by atoms with E-state index in [0.717, 1.165) is 32.4 Å². The lowest BCUT2D eigenvalue weighted by Crippen LogP contribution is -2.48. The van der Waals surface area contributed by atoms with Crippen LogP contribution in [0.2, 0.25) is 5.02 Å². The Bertz CT molecular complexity index is 666. The summed E-state index contributed by atoms with van der Waals surface area (Å²) < 4.78 is 0. The summed E-state index contributed by atoms with van der Waals surface area (Å²) in [5.74, 6) is 0.515. The predicted octanol–water partition coefficient (Wildman–Crippen LogP) is 2.99. The minimum atomic E-state index is -0.446. The highest BCUT2D eigenvalue weighted by molar-refractivity contribution is 6.31. The van der Waals surface area contributed by atoms with E-state index in [1.807, 2.05) is 0 Å². The van der Waals surface area contributed by atoms with E-state index in [1.54, 1.807) is 11.9 Å². The molecule has 1 aliphatic carbocycles. The SMILES string of the molecule is CN(Cc1cc([N+](=O)[O-])ccc1Cl)C(=O)[C@@]12CCCC[C@H]1CNC2. The molecule has 1 heterocycles. The first kappa shape index (κ1) is 17.2. The largest absolute Gasteiger partial charge is 0.341 e. The van der Waals surface area contributed by atoms with Gasteiger partial charge in [-0.2, -0.15) is 0 Å². The Hall–Kier alpha value is -1.66. The molecule has 0 unspecified atom stereocenters. The number of fused-ring (bicyclic) bond motifs is 1. The number of rotatable bonds is 4. The maximum atomic E-state index is 13.1. The standard InChI is InChI=1S/C17H22ClN3O3/c1-20(10-12-8-14(21(23)24)5-6-15(12)18)16(22)17-7-3-2-4-13(17)9-19-11-17/h5-6,8,13,19H,2-4,7,9-11H2,1H3/t13-,17+/m0/s1. The maximum absolute atomic E-state index is 13.1. The van der Waals surface area contributed by atoms with Gasteiger partial charge in [-0.15, -0.1) is 0 Å². The number of nitro benzene ring substituents is 1. The third-order valence-corrected chi connectivity index (χ3v) is 5.83. The van der Waals surface area contributed by atoms with Gasteiger partial charge >= 0.3 is 0 Å². The number of nitro groups is 1. The van der Waals surface area contributed by atoms with E-state index in [0.29, 0.717) is 16.5 Å². The predicted molar refractivity (Wildman–Crippen MR) is 91.8 cm³/mol. The summed E-state index contributed by atoms with van der Waals surface area (Å²) in [6, 6.07) is 4.35. The van der Waals surface area contributed by atoms with Crippen molar-refractivity contribution in [1.82, 2.24) is 10.2 Å². The van der Waals surface area contributed by atoms with E-state index in [-0.39, 0.29) is 23.6 Å². The highest BCUT2D eigenvalue weighted by Gasteiger charge is 2.50. The maximum Gasteiger partial charge on any atom is 0.269 e. The average molecular weight is 352 g/mol. The number of hydrogen-bond donors (Lipinski definition) is 1. The van der Waals surface area contributed by atoms with Gasteiger partial charge in [0.15, 0.2) is 0 Å². The van der Waals surface area contributed by atoms with Gasteiger partial charge in [-0.25, -0.2) is 0 Å². The molecule has 24 heavy (non-hydrogen) atoms. The minimum absolute atomic E-state index is 0.00788. The number of non-ortho nitro benzene ring substituents is 1. The summed E-state index contributed by atoms with van der Waals surface area (Å²) in [5, 5.41) is 14.8. The summed E-state index contributed by atoms with van der Waals surface area (Å²) in [7, 11) is 1.76. The van der Waals surface area contributed by atoms with Crippen LogP contribution in [0.1, 0.15) is 31.2 Å². The number of nitrogens with one attached hydrogen (secondary N) is 1. The van der Waals surface area contributed by atoms with Crippen LogP contribution in [0.3, 0.4) is 0 Å². The summed E-state index contributed by atoms with van der Waals surface area (Å²) in [4.78, 5) is 25.3. The van der Waals surface area contributed by atoms with E-state index < -0.39 is 4.92 Å². The second-order valence-electron chi connectivity index (χ2n) is 6.92. The molecule has 1 saturated heterocycles. The van der Waals surface area contributed by atoms with Crippen LogP contribution in [0.5, 0.6) is 0 Å². The monoisotopic (exact) mass is 351 g/mol. The Morgan fingerprint density at radius 1 is 1.50 bits per heavy atom. The molecule has 3 rings (SSSR count). The summed E-state index contributed by atoms with van der Waals surface area (Å²) in [6.45, 7) is 1.91. The molecule has 130 valence electrons. The van der Waals surface area contributed by atoms with Crippen LogP contribution in [0.15, 0.2) is 18.2 Å². The zero-order chi connectivity index (χ0) is 17.3. The number of carbonyl (C=O) groups is 1. The molecule has 6 nitrogen and oxygen atoms in total. The highest BCUT2D eigenvalue weighted by atomic mass is 35.5. The fraction of sp³-hybridized carbons (Fsp3) is 0.588. The Morgan fingerprint density at radius 2 is 2.29 bits per heavy atom. The lowest BCUT2D eigenvalue weighted by atomic mass is 9.67. The zero-order valence-electron chi connectivity index (χ0n) is 13.8. The van der Waals surface area contributed by atoms with Crippen LogP contribution in [0.4, 0.5) is 5.69 Å². The van der Waals surface area contributed by atoms with Crippen molar-refractivity contribution in [2.24, 2.45) is 11.3 Å². The lowest BCUT2D eigenvalue weighted by molar-refractivity contribution is -0.384. The molecule has 0 spiro atoms. The van der Waals surface area contributed by atoms with Crippen molar-refractivity contribution in [3.8, 4) is 0 Å². The van der Waals surface area contributed by atoms with Crippen LogP contribution in [-0.2, 0) is 11.3 Å². The second-order valence-corrected chi connectivity index (χ2v) is 7.33. The average Bonchev–Trinajstić information content (AvgIpc) is 3.00. The molecule has 1 aromatic rings. The third kappa shape index (κ3) is 3.00. The normalized spacial score (nSPS) is 26.0. The number of halogens is 1. The van der Waals surface area contributed by atoms with Crippen molar-refractivity contribution in [1.29, 1.82) is 0 Å². The van der Waals surface area contributed by atoms with E-state index >= 15 is 0 Å². The first-order valence-corrected chi connectivity index (χ1v) is 8.71. The molecule has 0 aromatic heterocycles. The molecule has 7 heteroatoms. The van der Waals surface area contributed by atoms with Gasteiger partial charge in [0.1, 0.15) is 0 Å². The van der Waals surface area contributed by atoms with Crippen molar-refractivity contribution >= 4 is 23.2 Å². The third-order valence-electron chi connectivity index (χ3n) is 5.46. The van der Waals surface area contributed by atoms with E-state index in [4.69, 9.17) is 11.6 Å². The molecular formula is C17H22ClN3O3. The Kier molecular flexibility index (Phi) is 4.78. The van der Waals surface area contributed by atoms with Crippen molar-refractivity contribution in [2.75, 3.05) is 20.1 Å². The van der Waals surface area contributed by atoms with Crippen LogP contribution in [-0.4, -0.2) is 35.9 Å². The number of carbonyl (C=O) groups excluding carboxylic acids is 1. The Morgan fingerprint density at radius 3 is 3.04 bits per heavy atom. The van der Waals surface area contributed by atoms with Crippen LogP contribution in [0.25, 0.3) is 0 Å². The van der Waals surface area contributed by atoms with Crippen molar-refractivity contribution in [2.45, 2.75) is 32.2 Å². The van der Waals surface area contributed by atoms with Gasteiger partial charge in [-0.05, 0) is 36.9 Å². The fourth-order valence-electron chi connectivity index (χ4n) is 4.17. The van der Waals surface area contributed by atoms with Crippen molar-refractivity contribution < 1.29 is 9.72 Å². The summed E-state index contributed by atoms with van der Waals surface area (Å²) in [5.41, 5.74) is 0.281. The molecular weight excluding hydrogens is 330 g/mol. The van der Waals surface area contributed by atoms with Gasteiger partial charge < -0.3 is 10.2 Å². The van der Waals surface area contributed by atoms with Crippen LogP contribution in [0, 0.1) is 21.4 Å². The van der Waals surface area contributed by atoms with E-state index in [2.05, 4.69) is 5.32 Å². The smallest absolute Gasteiger partial charge is 0.269 e. The zero-order valence-corrected chi connectivity index (χ0v) is 14.5. The summed E-state index contributed by atoms with van der Waals surface area (Å²) >= 11 is 6.17. The van der Waals surface area contributed by atoms with Crippen LogP contribution >= 0.6 is 11.6 Å². The summed E-state index contributed by atoms with van der Waals surface area (Å²) in [6.07, 6.45) is 4.26. The number of amides is 1. The molecule has 2 aliphatic rings. The van der Waals surface area contributed by atoms with Crippen molar-refractivity contribution in [3.63, 3.8) is 0 Å². The molecule has 1 saturated carbocycles. The first-order valence-electron chi connectivity index (χ1n) is 8.33. The van der Waals surface area contributed by atoms with Gasteiger partial charge in [0.05, 0.1) is 10.3 Å². The van der Waals surface area contributed by atoms with Gasteiger partial charge in [-0.3, -0.25) is 14.9 Å². The number of benzene rings is 1. The van der Waals surface area contributed by atoms with Gasteiger partial charge in [0.2, 0.25) is 5.91 Å². The number of hydrogen-bond acceptors (Lipinski definition) is 4. The topological polar surface area (TPSA) is 75.5 Å². The molecule has 1 amide bonds. The van der Waals surface area contributed by atoms with E-state index in [1.165, 1.54) is 24.6 Å². The number of nitrogens with zero attached hydrogens (tertiary/aromatic N) is 2. The molecule has 0 bridgehead atoms. The molecule has 1 aromatic carbocycles. The van der Waals surface area contributed by atoms with Gasteiger partial charge in [0.25, 0.3) is 5.69 Å². The Labute approximate surface area is 146 Å². The van der Waals surface area contributed by atoms with Gasteiger partial charge in [0, 0.05) is 37.3 Å². The molecule has 0 radical (unpaired) electrons. The highest BCUT2D eigenvalue weighted by Crippen LogP contribution is 2.45. The lowest BCUT2D eigenvalue weighted by Gasteiger charge is -2.39. The van der Waals surface area contributed by atoms with Gasteiger partial charge in [-0.1, -0.05) is 24.4 Å². The fourth-order valence-corrected chi connectivity index (χ4v) is 4.35. The molecule has 2 atom stereocenters. The second kappa shape index (κ2) is 6.69. The molecule has 1 N–H and O–H groups in total.